The van der Waals surface area contributed by atoms with Gasteiger partial charge in [-0.2, -0.15) is 0 Å². The summed E-state index contributed by atoms with van der Waals surface area (Å²) in [6.07, 6.45) is 5.16. The highest BCUT2D eigenvalue weighted by Crippen LogP contribution is 2.21. The number of amides is 1. The second kappa shape index (κ2) is 7.22. The maximum absolute atomic E-state index is 12.3. The molecule has 1 saturated carbocycles. The molecule has 1 aliphatic heterocycles. The Hall–Kier alpha value is -0.650. The van der Waals surface area contributed by atoms with Crippen molar-refractivity contribution in [1.29, 1.82) is 0 Å². The van der Waals surface area contributed by atoms with Crippen molar-refractivity contribution in [2.75, 3.05) is 26.3 Å². The van der Waals surface area contributed by atoms with E-state index in [9.17, 15) is 4.79 Å². The third-order valence-electron chi connectivity index (χ3n) is 4.05. The van der Waals surface area contributed by atoms with Crippen LogP contribution in [-0.2, 0) is 14.3 Å². The standard InChI is InChI=1S/C14H26N2O3/c1-11(14(17)16-7-9-18-10-8-16)19-13-6-4-2-3-5-12(13)15/h11-13H,2-10,15H2,1H3. The zero-order valence-electron chi connectivity index (χ0n) is 11.8. The van der Waals surface area contributed by atoms with Crippen molar-refractivity contribution in [2.24, 2.45) is 5.73 Å². The van der Waals surface area contributed by atoms with Crippen molar-refractivity contribution in [1.82, 2.24) is 4.90 Å². The van der Waals surface area contributed by atoms with Crippen LogP contribution in [0.5, 0.6) is 0 Å². The van der Waals surface area contributed by atoms with E-state index in [0.29, 0.717) is 26.3 Å². The fourth-order valence-corrected chi connectivity index (χ4v) is 2.83. The van der Waals surface area contributed by atoms with Crippen molar-refractivity contribution in [2.45, 2.75) is 57.3 Å². The van der Waals surface area contributed by atoms with Gasteiger partial charge in [-0.25, -0.2) is 0 Å². The Kier molecular flexibility index (Phi) is 5.60. The molecule has 5 nitrogen and oxygen atoms in total. The molecule has 1 saturated heterocycles. The minimum Gasteiger partial charge on any atom is -0.378 e. The summed E-state index contributed by atoms with van der Waals surface area (Å²) in [5.74, 6) is 0.0692. The molecule has 0 bridgehead atoms. The second-order valence-corrected chi connectivity index (χ2v) is 5.56. The van der Waals surface area contributed by atoms with E-state index in [-0.39, 0.29) is 18.1 Å². The lowest BCUT2D eigenvalue weighted by Crippen LogP contribution is -2.48. The predicted octanol–water partition coefficient (Wildman–Crippen LogP) is 0.910. The topological polar surface area (TPSA) is 64.8 Å². The first-order valence-corrected chi connectivity index (χ1v) is 7.46. The van der Waals surface area contributed by atoms with E-state index in [0.717, 1.165) is 19.3 Å². The van der Waals surface area contributed by atoms with E-state index in [1.165, 1.54) is 12.8 Å². The smallest absolute Gasteiger partial charge is 0.251 e. The van der Waals surface area contributed by atoms with Crippen LogP contribution < -0.4 is 5.73 Å². The van der Waals surface area contributed by atoms with Gasteiger partial charge in [-0.15, -0.1) is 0 Å². The van der Waals surface area contributed by atoms with Gasteiger partial charge in [0.1, 0.15) is 6.10 Å². The summed E-state index contributed by atoms with van der Waals surface area (Å²) >= 11 is 0. The molecule has 0 aromatic carbocycles. The summed E-state index contributed by atoms with van der Waals surface area (Å²) in [6.45, 7) is 4.44. The Labute approximate surface area is 115 Å². The van der Waals surface area contributed by atoms with Gasteiger partial charge in [-0.1, -0.05) is 19.3 Å². The van der Waals surface area contributed by atoms with Crippen molar-refractivity contribution >= 4 is 5.91 Å². The lowest BCUT2D eigenvalue weighted by atomic mass is 10.1. The van der Waals surface area contributed by atoms with Crippen LogP contribution in [0.2, 0.25) is 0 Å². The minimum absolute atomic E-state index is 0.0301. The van der Waals surface area contributed by atoms with Gasteiger partial charge in [0, 0.05) is 19.1 Å². The van der Waals surface area contributed by atoms with Crippen molar-refractivity contribution in [3.63, 3.8) is 0 Å². The average molecular weight is 270 g/mol. The highest BCUT2D eigenvalue weighted by atomic mass is 16.5. The number of carbonyl (C=O) groups excluding carboxylic acids is 1. The molecular formula is C14H26N2O3. The third-order valence-corrected chi connectivity index (χ3v) is 4.05. The maximum Gasteiger partial charge on any atom is 0.251 e. The molecule has 2 fully saturated rings. The highest BCUT2D eigenvalue weighted by molar-refractivity contribution is 5.80. The number of nitrogens with two attached hydrogens (primary N) is 1. The second-order valence-electron chi connectivity index (χ2n) is 5.56. The lowest BCUT2D eigenvalue weighted by molar-refractivity contribution is -0.151. The summed E-state index contributed by atoms with van der Waals surface area (Å²) < 4.78 is 11.2. The van der Waals surface area contributed by atoms with Crippen LogP contribution in [0, 0.1) is 0 Å². The van der Waals surface area contributed by atoms with Crippen LogP contribution in [-0.4, -0.2) is 55.4 Å². The summed E-state index contributed by atoms with van der Waals surface area (Å²) in [4.78, 5) is 14.1. The van der Waals surface area contributed by atoms with Crippen molar-refractivity contribution < 1.29 is 14.3 Å². The summed E-state index contributed by atoms with van der Waals surface area (Å²) in [7, 11) is 0. The van der Waals surface area contributed by atoms with Gasteiger partial charge in [0.2, 0.25) is 0 Å². The van der Waals surface area contributed by atoms with Crippen LogP contribution in [0.25, 0.3) is 0 Å². The molecule has 2 rings (SSSR count). The van der Waals surface area contributed by atoms with E-state index < -0.39 is 6.10 Å². The van der Waals surface area contributed by atoms with E-state index in [1.54, 1.807) is 0 Å². The van der Waals surface area contributed by atoms with Crippen LogP contribution in [0.15, 0.2) is 0 Å². The van der Waals surface area contributed by atoms with Crippen molar-refractivity contribution in [3.05, 3.63) is 0 Å². The Bertz CT molecular complexity index is 292. The van der Waals surface area contributed by atoms with Gasteiger partial charge in [0.05, 0.1) is 19.3 Å². The van der Waals surface area contributed by atoms with Crippen molar-refractivity contribution in [3.8, 4) is 0 Å². The molecule has 0 spiro atoms. The van der Waals surface area contributed by atoms with Gasteiger partial charge in [0.25, 0.3) is 5.91 Å². The quantitative estimate of drug-likeness (QED) is 0.774. The fourth-order valence-electron chi connectivity index (χ4n) is 2.83. The van der Waals surface area contributed by atoms with Crippen LogP contribution in [0.4, 0.5) is 0 Å². The Morgan fingerprint density at radius 1 is 1.26 bits per heavy atom. The summed E-state index contributed by atoms with van der Waals surface area (Å²) in [5, 5.41) is 0. The van der Waals surface area contributed by atoms with Crippen LogP contribution >= 0.6 is 0 Å². The molecule has 19 heavy (non-hydrogen) atoms. The van der Waals surface area contributed by atoms with Gasteiger partial charge in [-0.05, 0) is 19.8 Å². The monoisotopic (exact) mass is 270 g/mol. The molecule has 3 atom stereocenters. The van der Waals surface area contributed by atoms with Gasteiger partial charge >= 0.3 is 0 Å². The lowest BCUT2D eigenvalue weighted by Gasteiger charge is -2.31. The molecule has 0 aromatic heterocycles. The zero-order valence-corrected chi connectivity index (χ0v) is 11.8. The van der Waals surface area contributed by atoms with E-state index in [4.69, 9.17) is 15.2 Å². The molecule has 2 N–H and O–H groups in total. The average Bonchev–Trinajstić information content (AvgIpc) is 2.64. The Balaban J connectivity index is 1.84. The molecule has 0 radical (unpaired) electrons. The summed E-state index contributed by atoms with van der Waals surface area (Å²) in [5.41, 5.74) is 6.14. The number of hydrogen-bond donors (Lipinski definition) is 1. The van der Waals surface area contributed by atoms with Gasteiger partial charge < -0.3 is 20.1 Å². The molecule has 3 unspecified atom stereocenters. The Morgan fingerprint density at radius 3 is 2.68 bits per heavy atom. The SMILES string of the molecule is CC(OC1CCCCCC1N)C(=O)N1CCOCC1. The van der Waals surface area contributed by atoms with E-state index in [1.807, 2.05) is 11.8 Å². The number of ether oxygens (including phenoxy) is 2. The molecule has 0 aromatic rings. The Morgan fingerprint density at radius 2 is 1.95 bits per heavy atom. The number of rotatable bonds is 3. The largest absolute Gasteiger partial charge is 0.378 e. The maximum atomic E-state index is 12.3. The molecular weight excluding hydrogens is 244 g/mol. The first-order valence-electron chi connectivity index (χ1n) is 7.46. The number of morpholine rings is 1. The molecule has 1 heterocycles. The number of carbonyl (C=O) groups is 1. The molecule has 2 aliphatic rings. The minimum atomic E-state index is -0.396. The van der Waals surface area contributed by atoms with Crippen LogP contribution in [0.3, 0.4) is 0 Å². The first kappa shape index (κ1) is 14.8. The fraction of sp³-hybridized carbons (Fsp3) is 0.929. The predicted molar refractivity (Wildman–Crippen MR) is 72.8 cm³/mol. The third kappa shape index (κ3) is 4.16. The zero-order chi connectivity index (χ0) is 13.7. The van der Waals surface area contributed by atoms with Gasteiger partial charge in [-0.3, -0.25) is 4.79 Å². The number of hydrogen-bond acceptors (Lipinski definition) is 4. The molecule has 5 heteroatoms. The molecule has 110 valence electrons. The van der Waals surface area contributed by atoms with E-state index >= 15 is 0 Å². The normalized spacial score (nSPS) is 30.7. The molecule has 1 amide bonds. The number of nitrogens with zero attached hydrogens (tertiary/aromatic N) is 1. The first-order chi connectivity index (χ1) is 9.18. The van der Waals surface area contributed by atoms with Crippen LogP contribution in [0.1, 0.15) is 39.0 Å². The molecule has 1 aliphatic carbocycles. The van der Waals surface area contributed by atoms with Gasteiger partial charge in [0.15, 0.2) is 0 Å². The van der Waals surface area contributed by atoms with E-state index in [2.05, 4.69) is 0 Å². The summed E-state index contributed by atoms with van der Waals surface area (Å²) in [6, 6.07) is 0.0717. The highest BCUT2D eigenvalue weighted by Gasteiger charge is 2.28.